The van der Waals surface area contributed by atoms with Crippen LogP contribution in [0.15, 0.2) is 12.3 Å². The summed E-state index contributed by atoms with van der Waals surface area (Å²) in [7, 11) is 0. The van der Waals surface area contributed by atoms with Crippen molar-refractivity contribution in [1.29, 1.82) is 0 Å². The molecule has 4 fully saturated rings. The van der Waals surface area contributed by atoms with Gasteiger partial charge in [-0.2, -0.15) is 0 Å². The van der Waals surface area contributed by atoms with Crippen LogP contribution in [0.2, 0.25) is 0 Å². The number of rotatable bonds is 9. The standard InChI is InChI=1S/C22H36N2O3/c1-15(7-5-6-10-16-8-3-2-4-9-16)23-18-13-26-21-19(14-27-20(18)21)24-22(25)17-11-12-17/h16-21,23H,1-14H2,(H,24,25). The maximum Gasteiger partial charge on any atom is 0.223 e. The molecule has 2 aliphatic carbocycles. The van der Waals surface area contributed by atoms with Gasteiger partial charge in [-0.15, -0.1) is 0 Å². The van der Waals surface area contributed by atoms with E-state index >= 15 is 0 Å². The van der Waals surface area contributed by atoms with Gasteiger partial charge >= 0.3 is 0 Å². The number of amides is 1. The summed E-state index contributed by atoms with van der Waals surface area (Å²) in [5.41, 5.74) is 1.10. The third kappa shape index (κ3) is 5.05. The molecule has 5 nitrogen and oxygen atoms in total. The van der Waals surface area contributed by atoms with E-state index in [4.69, 9.17) is 9.47 Å². The summed E-state index contributed by atoms with van der Waals surface area (Å²) in [6, 6.07) is 0.155. The molecule has 4 rings (SSSR count). The van der Waals surface area contributed by atoms with Gasteiger partial charge in [0.25, 0.3) is 0 Å². The second-order valence-corrected chi connectivity index (χ2v) is 9.09. The Morgan fingerprint density at radius 3 is 2.22 bits per heavy atom. The lowest BCUT2D eigenvalue weighted by molar-refractivity contribution is -0.123. The molecule has 0 aromatic rings. The Labute approximate surface area is 163 Å². The van der Waals surface area contributed by atoms with E-state index in [2.05, 4.69) is 17.2 Å². The van der Waals surface area contributed by atoms with E-state index in [0.29, 0.717) is 13.2 Å². The van der Waals surface area contributed by atoms with Gasteiger partial charge in [0.2, 0.25) is 5.91 Å². The fraction of sp³-hybridized carbons (Fsp3) is 0.864. The molecule has 4 unspecified atom stereocenters. The van der Waals surface area contributed by atoms with Crippen molar-refractivity contribution in [2.24, 2.45) is 11.8 Å². The highest BCUT2D eigenvalue weighted by atomic mass is 16.6. The fourth-order valence-corrected chi connectivity index (χ4v) is 4.97. The smallest absolute Gasteiger partial charge is 0.223 e. The molecule has 2 aliphatic heterocycles. The van der Waals surface area contributed by atoms with Gasteiger partial charge in [0, 0.05) is 11.6 Å². The van der Waals surface area contributed by atoms with E-state index in [-0.39, 0.29) is 36.1 Å². The quantitative estimate of drug-likeness (QED) is 0.606. The molecule has 0 spiro atoms. The lowest BCUT2D eigenvalue weighted by atomic mass is 9.85. The third-order valence-corrected chi connectivity index (χ3v) is 6.78. The zero-order chi connectivity index (χ0) is 18.6. The van der Waals surface area contributed by atoms with Crippen molar-refractivity contribution in [1.82, 2.24) is 10.6 Å². The second kappa shape index (κ2) is 8.95. The van der Waals surface area contributed by atoms with Crippen LogP contribution in [-0.4, -0.2) is 43.4 Å². The normalized spacial score (nSPS) is 33.6. The number of fused-ring (bicyclic) bond motifs is 1. The summed E-state index contributed by atoms with van der Waals surface area (Å²) in [6.45, 7) is 5.41. The first-order chi connectivity index (χ1) is 13.2. The van der Waals surface area contributed by atoms with Gasteiger partial charge in [-0.1, -0.05) is 51.5 Å². The Morgan fingerprint density at radius 1 is 0.889 bits per heavy atom. The van der Waals surface area contributed by atoms with E-state index < -0.39 is 0 Å². The van der Waals surface area contributed by atoms with Crippen molar-refractivity contribution in [2.45, 2.75) is 94.9 Å². The van der Waals surface area contributed by atoms with Crippen LogP contribution >= 0.6 is 0 Å². The number of ether oxygens (including phenoxy) is 2. The first kappa shape index (κ1) is 19.3. The summed E-state index contributed by atoms with van der Waals surface area (Å²) in [4.78, 5) is 12.0. The van der Waals surface area contributed by atoms with Gasteiger partial charge in [-0.3, -0.25) is 4.79 Å². The SMILES string of the molecule is C=C(CCCCC1CCCCC1)NC1COC2C(NC(=O)C3CC3)COC12. The molecule has 1 amide bonds. The Morgan fingerprint density at radius 2 is 1.56 bits per heavy atom. The Kier molecular flexibility index (Phi) is 6.39. The van der Waals surface area contributed by atoms with Crippen LogP contribution in [0.1, 0.15) is 70.6 Å². The molecule has 0 aromatic carbocycles. The van der Waals surface area contributed by atoms with Crippen LogP contribution in [0, 0.1) is 11.8 Å². The molecular formula is C22H36N2O3. The molecule has 0 aromatic heterocycles. The van der Waals surface area contributed by atoms with Gasteiger partial charge in [0.15, 0.2) is 0 Å². The highest BCUT2D eigenvalue weighted by molar-refractivity contribution is 5.81. The summed E-state index contributed by atoms with van der Waals surface area (Å²) in [6.07, 6.45) is 14.2. The van der Waals surface area contributed by atoms with Crippen molar-refractivity contribution in [3.63, 3.8) is 0 Å². The van der Waals surface area contributed by atoms with Crippen LogP contribution in [0.3, 0.4) is 0 Å². The topological polar surface area (TPSA) is 59.6 Å². The van der Waals surface area contributed by atoms with Crippen molar-refractivity contribution in [2.75, 3.05) is 13.2 Å². The molecule has 2 N–H and O–H groups in total. The maximum atomic E-state index is 12.0. The summed E-state index contributed by atoms with van der Waals surface area (Å²) >= 11 is 0. The van der Waals surface area contributed by atoms with E-state index in [1.807, 2.05) is 0 Å². The fourth-order valence-electron chi connectivity index (χ4n) is 4.97. The highest BCUT2D eigenvalue weighted by Crippen LogP contribution is 2.32. The van der Waals surface area contributed by atoms with Crippen molar-refractivity contribution in [3.05, 3.63) is 12.3 Å². The van der Waals surface area contributed by atoms with Crippen molar-refractivity contribution in [3.8, 4) is 0 Å². The minimum atomic E-state index is -0.0238. The zero-order valence-electron chi connectivity index (χ0n) is 16.6. The van der Waals surface area contributed by atoms with Crippen LogP contribution in [0.4, 0.5) is 0 Å². The monoisotopic (exact) mass is 376 g/mol. The second-order valence-electron chi connectivity index (χ2n) is 9.09. The van der Waals surface area contributed by atoms with Gasteiger partial charge in [0.1, 0.15) is 12.2 Å². The molecule has 0 bridgehead atoms. The van der Waals surface area contributed by atoms with E-state index in [1.54, 1.807) is 0 Å². The molecule has 4 aliphatic rings. The van der Waals surface area contributed by atoms with E-state index in [0.717, 1.165) is 30.9 Å². The largest absolute Gasteiger partial charge is 0.381 e. The highest BCUT2D eigenvalue weighted by Gasteiger charge is 2.49. The van der Waals surface area contributed by atoms with Gasteiger partial charge < -0.3 is 20.1 Å². The lowest BCUT2D eigenvalue weighted by Crippen LogP contribution is -2.46. The average Bonchev–Trinajstić information content (AvgIpc) is 3.35. The van der Waals surface area contributed by atoms with Gasteiger partial charge in [0.05, 0.1) is 25.3 Å². The number of hydrogen-bond acceptors (Lipinski definition) is 4. The average molecular weight is 377 g/mol. The molecule has 2 saturated heterocycles. The minimum absolute atomic E-state index is 0.00124. The van der Waals surface area contributed by atoms with Crippen molar-refractivity contribution >= 4 is 5.91 Å². The number of carbonyl (C=O) groups is 1. The van der Waals surface area contributed by atoms with Gasteiger partial charge in [-0.05, 0) is 31.6 Å². The number of allylic oxidation sites excluding steroid dienone is 1. The first-order valence-electron chi connectivity index (χ1n) is 11.2. The number of nitrogens with one attached hydrogen (secondary N) is 2. The lowest BCUT2D eigenvalue weighted by Gasteiger charge is -2.22. The zero-order valence-corrected chi connectivity index (χ0v) is 16.6. The molecule has 2 heterocycles. The van der Waals surface area contributed by atoms with Gasteiger partial charge in [-0.25, -0.2) is 0 Å². The molecule has 4 atom stereocenters. The molecule has 0 radical (unpaired) electrons. The summed E-state index contributed by atoms with van der Waals surface area (Å²) in [5.74, 6) is 1.37. The van der Waals surface area contributed by atoms with Crippen LogP contribution in [0.25, 0.3) is 0 Å². The van der Waals surface area contributed by atoms with Crippen LogP contribution in [-0.2, 0) is 14.3 Å². The molecule has 27 heavy (non-hydrogen) atoms. The maximum absolute atomic E-state index is 12.0. The van der Waals surface area contributed by atoms with E-state index in [9.17, 15) is 4.79 Å². The third-order valence-electron chi connectivity index (χ3n) is 6.78. The van der Waals surface area contributed by atoms with Crippen molar-refractivity contribution < 1.29 is 14.3 Å². The molecular weight excluding hydrogens is 340 g/mol. The summed E-state index contributed by atoms with van der Waals surface area (Å²) in [5, 5.41) is 6.66. The number of carbonyl (C=O) groups excluding carboxylic acids is 1. The molecule has 5 heteroatoms. The molecule has 2 saturated carbocycles. The molecule has 152 valence electrons. The Hall–Kier alpha value is -1.07. The number of unbranched alkanes of at least 4 members (excludes halogenated alkanes) is 1. The predicted molar refractivity (Wildman–Crippen MR) is 105 cm³/mol. The van der Waals surface area contributed by atoms with Crippen LogP contribution in [0.5, 0.6) is 0 Å². The Bertz CT molecular complexity index is 528. The predicted octanol–water partition coefficient (Wildman–Crippen LogP) is 3.29. The summed E-state index contributed by atoms with van der Waals surface area (Å²) < 4.78 is 11.9. The van der Waals surface area contributed by atoms with Crippen LogP contribution < -0.4 is 10.6 Å². The Balaban J connectivity index is 1.13. The minimum Gasteiger partial charge on any atom is -0.381 e. The number of hydrogen-bond donors (Lipinski definition) is 2. The van der Waals surface area contributed by atoms with E-state index in [1.165, 1.54) is 51.4 Å². The first-order valence-corrected chi connectivity index (χ1v) is 11.2.